The van der Waals surface area contributed by atoms with Gasteiger partial charge in [0, 0.05) is 3.57 Å². The number of hydrogen-bond donors (Lipinski definition) is 0. The van der Waals surface area contributed by atoms with Crippen molar-refractivity contribution < 1.29 is 13.9 Å². The lowest BCUT2D eigenvalue weighted by atomic mass is 10.1. The van der Waals surface area contributed by atoms with Gasteiger partial charge in [-0.2, -0.15) is 0 Å². The van der Waals surface area contributed by atoms with Crippen LogP contribution in [-0.2, 0) is 11.3 Å². The van der Waals surface area contributed by atoms with Crippen LogP contribution in [0.25, 0.3) is 0 Å². The number of esters is 1. The third-order valence-electron chi connectivity index (χ3n) is 2.68. The van der Waals surface area contributed by atoms with E-state index in [2.05, 4.69) is 22.6 Å². The fraction of sp³-hybridized carbons (Fsp3) is 0.133. The molecule has 0 bridgehead atoms. The van der Waals surface area contributed by atoms with E-state index in [-0.39, 0.29) is 12.2 Å². The van der Waals surface area contributed by atoms with Gasteiger partial charge >= 0.3 is 5.97 Å². The minimum Gasteiger partial charge on any atom is -0.457 e. The molecule has 0 spiro atoms. The van der Waals surface area contributed by atoms with E-state index in [9.17, 15) is 9.18 Å². The smallest absolute Gasteiger partial charge is 0.341 e. The zero-order valence-electron chi connectivity index (χ0n) is 10.3. The summed E-state index contributed by atoms with van der Waals surface area (Å²) in [6.45, 7) is 1.94. The van der Waals surface area contributed by atoms with E-state index in [4.69, 9.17) is 4.74 Å². The highest BCUT2D eigenvalue weighted by atomic mass is 127. The van der Waals surface area contributed by atoms with E-state index in [0.29, 0.717) is 0 Å². The molecule has 0 saturated carbocycles. The van der Waals surface area contributed by atoms with Crippen LogP contribution < -0.4 is 0 Å². The second-order valence-electron chi connectivity index (χ2n) is 4.14. The summed E-state index contributed by atoms with van der Waals surface area (Å²) >= 11 is 2.07. The second kappa shape index (κ2) is 6.14. The van der Waals surface area contributed by atoms with Gasteiger partial charge in [-0.25, -0.2) is 9.18 Å². The van der Waals surface area contributed by atoms with Crippen LogP contribution in [0.15, 0.2) is 42.5 Å². The molecule has 0 atom stereocenters. The molecule has 2 nitrogen and oxygen atoms in total. The molecule has 0 aliphatic carbocycles. The number of ether oxygens (including phenoxy) is 1. The van der Waals surface area contributed by atoms with Crippen molar-refractivity contribution in [1.82, 2.24) is 0 Å². The van der Waals surface area contributed by atoms with E-state index in [1.807, 2.05) is 30.3 Å². The van der Waals surface area contributed by atoms with E-state index < -0.39 is 11.8 Å². The van der Waals surface area contributed by atoms with Crippen molar-refractivity contribution >= 4 is 28.6 Å². The minimum atomic E-state index is -0.640. The standard InChI is InChI=1S/C15H12FIO2/c1-10-7-13(16)12(8-14(10)17)15(18)19-9-11-5-3-2-4-6-11/h2-8H,9H2,1H3. The maximum absolute atomic E-state index is 13.7. The van der Waals surface area contributed by atoms with Gasteiger partial charge in [0.05, 0.1) is 5.56 Å². The third kappa shape index (κ3) is 3.53. The minimum absolute atomic E-state index is 0.0223. The maximum atomic E-state index is 13.7. The third-order valence-corrected chi connectivity index (χ3v) is 3.84. The molecule has 0 N–H and O–H groups in total. The first-order chi connectivity index (χ1) is 9.08. The molecule has 2 aromatic rings. The van der Waals surface area contributed by atoms with Crippen molar-refractivity contribution in [2.75, 3.05) is 0 Å². The van der Waals surface area contributed by atoms with Crippen LogP contribution in [-0.4, -0.2) is 5.97 Å². The quantitative estimate of drug-likeness (QED) is 0.601. The van der Waals surface area contributed by atoms with Gasteiger partial charge in [-0.05, 0) is 52.8 Å². The average molecular weight is 370 g/mol. The predicted molar refractivity (Wildman–Crippen MR) is 79.4 cm³/mol. The largest absolute Gasteiger partial charge is 0.457 e. The van der Waals surface area contributed by atoms with Crippen molar-refractivity contribution in [1.29, 1.82) is 0 Å². The van der Waals surface area contributed by atoms with Gasteiger partial charge in [-0.3, -0.25) is 0 Å². The number of carbonyl (C=O) groups excluding carboxylic acids is 1. The van der Waals surface area contributed by atoms with E-state index in [0.717, 1.165) is 14.7 Å². The molecule has 0 aliphatic heterocycles. The van der Waals surface area contributed by atoms with Crippen LogP contribution in [0.1, 0.15) is 21.5 Å². The topological polar surface area (TPSA) is 26.3 Å². The molecule has 0 amide bonds. The van der Waals surface area contributed by atoms with Crippen LogP contribution in [0.4, 0.5) is 4.39 Å². The van der Waals surface area contributed by atoms with Crippen LogP contribution in [0.3, 0.4) is 0 Å². The Kier molecular flexibility index (Phi) is 4.52. The van der Waals surface area contributed by atoms with Gasteiger partial charge in [0.25, 0.3) is 0 Å². The molecule has 98 valence electrons. The Bertz CT molecular complexity index is 597. The van der Waals surface area contributed by atoms with Crippen molar-refractivity contribution in [2.45, 2.75) is 13.5 Å². The number of carbonyl (C=O) groups is 1. The van der Waals surface area contributed by atoms with Gasteiger partial charge in [-0.15, -0.1) is 0 Å². The van der Waals surface area contributed by atoms with Crippen LogP contribution in [0, 0.1) is 16.3 Å². The summed E-state index contributed by atoms with van der Waals surface area (Å²) in [7, 11) is 0. The molecule has 2 rings (SSSR count). The average Bonchev–Trinajstić information content (AvgIpc) is 2.41. The highest BCUT2D eigenvalue weighted by Gasteiger charge is 2.15. The molecule has 4 heteroatoms. The van der Waals surface area contributed by atoms with Crippen molar-refractivity contribution in [3.05, 3.63) is 68.5 Å². The molecule has 0 fully saturated rings. The molecular weight excluding hydrogens is 358 g/mol. The van der Waals surface area contributed by atoms with E-state index >= 15 is 0 Å². The Morgan fingerprint density at radius 1 is 1.26 bits per heavy atom. The lowest BCUT2D eigenvalue weighted by Crippen LogP contribution is -2.08. The molecule has 0 aromatic heterocycles. The number of hydrogen-bond acceptors (Lipinski definition) is 2. The molecule has 0 saturated heterocycles. The van der Waals surface area contributed by atoms with Gasteiger partial charge in [0.1, 0.15) is 12.4 Å². The molecule has 2 aromatic carbocycles. The van der Waals surface area contributed by atoms with E-state index in [1.165, 1.54) is 12.1 Å². The first-order valence-electron chi connectivity index (χ1n) is 5.74. The molecule has 0 aliphatic rings. The molecule has 0 radical (unpaired) electrons. The second-order valence-corrected chi connectivity index (χ2v) is 5.31. The van der Waals surface area contributed by atoms with Crippen LogP contribution in [0.5, 0.6) is 0 Å². The molecule has 0 unspecified atom stereocenters. The summed E-state index contributed by atoms with van der Waals surface area (Å²) in [6.07, 6.45) is 0. The summed E-state index contributed by atoms with van der Waals surface area (Å²) in [5, 5.41) is 0. The first kappa shape index (κ1) is 14.0. The summed E-state index contributed by atoms with van der Waals surface area (Å²) in [6, 6.07) is 12.2. The Morgan fingerprint density at radius 2 is 1.95 bits per heavy atom. The molecule has 19 heavy (non-hydrogen) atoms. The zero-order chi connectivity index (χ0) is 13.8. The van der Waals surface area contributed by atoms with Gasteiger partial charge < -0.3 is 4.74 Å². The molecular formula is C15H12FIO2. The van der Waals surface area contributed by atoms with Crippen molar-refractivity contribution in [3.8, 4) is 0 Å². The van der Waals surface area contributed by atoms with Gasteiger partial charge in [0.2, 0.25) is 0 Å². The normalized spacial score (nSPS) is 10.3. The Morgan fingerprint density at radius 3 is 2.63 bits per heavy atom. The van der Waals surface area contributed by atoms with Crippen LogP contribution >= 0.6 is 22.6 Å². The fourth-order valence-corrected chi connectivity index (χ4v) is 2.07. The summed E-state index contributed by atoms with van der Waals surface area (Å²) < 4.78 is 19.6. The number of rotatable bonds is 3. The monoisotopic (exact) mass is 370 g/mol. The Balaban J connectivity index is 2.10. The van der Waals surface area contributed by atoms with E-state index in [1.54, 1.807) is 6.92 Å². The summed E-state index contributed by atoms with van der Waals surface area (Å²) in [5.41, 5.74) is 1.65. The highest BCUT2D eigenvalue weighted by molar-refractivity contribution is 14.1. The number of halogens is 2. The zero-order valence-corrected chi connectivity index (χ0v) is 12.5. The lowest BCUT2D eigenvalue weighted by Gasteiger charge is -2.07. The first-order valence-corrected chi connectivity index (χ1v) is 6.82. The predicted octanol–water partition coefficient (Wildman–Crippen LogP) is 4.10. The Hall–Kier alpha value is -1.43. The Labute approximate surface area is 124 Å². The highest BCUT2D eigenvalue weighted by Crippen LogP contribution is 2.18. The van der Waals surface area contributed by atoms with Crippen molar-refractivity contribution in [3.63, 3.8) is 0 Å². The van der Waals surface area contributed by atoms with Gasteiger partial charge in [0.15, 0.2) is 0 Å². The summed E-state index contributed by atoms with van der Waals surface area (Å²) in [5.74, 6) is -1.18. The maximum Gasteiger partial charge on any atom is 0.341 e. The molecule has 0 heterocycles. The van der Waals surface area contributed by atoms with Gasteiger partial charge in [-0.1, -0.05) is 30.3 Å². The fourth-order valence-electron chi connectivity index (χ4n) is 1.60. The number of benzene rings is 2. The van der Waals surface area contributed by atoms with Crippen molar-refractivity contribution in [2.24, 2.45) is 0 Å². The summed E-state index contributed by atoms with van der Waals surface area (Å²) in [4.78, 5) is 11.8. The van der Waals surface area contributed by atoms with Crippen LogP contribution in [0.2, 0.25) is 0 Å². The lowest BCUT2D eigenvalue weighted by molar-refractivity contribution is 0.0467. The number of aryl methyl sites for hydroxylation is 1. The SMILES string of the molecule is Cc1cc(F)c(C(=O)OCc2ccccc2)cc1I.